The van der Waals surface area contributed by atoms with Crippen LogP contribution in [0, 0.1) is 0 Å². The fraction of sp³-hybridized carbons (Fsp3) is 0.364. The van der Waals surface area contributed by atoms with Crippen molar-refractivity contribution in [1.29, 1.82) is 0 Å². The molecule has 0 bridgehead atoms. The van der Waals surface area contributed by atoms with Crippen LogP contribution in [-0.2, 0) is 16.0 Å². The molecule has 2 amide bonds. The number of piperazine rings is 1. The SMILES string of the molecule is CC(=O)N(CCc1ccc(Cl)cc1)CC(=O)N1CCN(c2ccccc2)CC1. The van der Waals surface area contributed by atoms with Gasteiger partial charge in [0.15, 0.2) is 0 Å². The van der Waals surface area contributed by atoms with E-state index >= 15 is 0 Å². The summed E-state index contributed by atoms with van der Waals surface area (Å²) in [5, 5.41) is 0.692. The molecule has 1 aliphatic heterocycles. The van der Waals surface area contributed by atoms with Crippen LogP contribution in [0.3, 0.4) is 0 Å². The third-order valence-corrected chi connectivity index (χ3v) is 5.36. The van der Waals surface area contributed by atoms with Crippen molar-refractivity contribution in [2.45, 2.75) is 13.3 Å². The van der Waals surface area contributed by atoms with Crippen LogP contribution in [0.5, 0.6) is 0 Å². The Morgan fingerprint density at radius 3 is 2.21 bits per heavy atom. The van der Waals surface area contributed by atoms with Gasteiger partial charge in [-0.15, -0.1) is 0 Å². The van der Waals surface area contributed by atoms with Gasteiger partial charge in [0.2, 0.25) is 11.8 Å². The molecule has 2 aromatic rings. The summed E-state index contributed by atoms with van der Waals surface area (Å²) in [6.07, 6.45) is 0.700. The van der Waals surface area contributed by atoms with Crippen molar-refractivity contribution >= 4 is 29.1 Å². The zero-order chi connectivity index (χ0) is 19.9. The summed E-state index contributed by atoms with van der Waals surface area (Å²) in [5.41, 5.74) is 2.28. The number of carbonyl (C=O) groups is 2. The first-order valence-corrected chi connectivity index (χ1v) is 9.98. The summed E-state index contributed by atoms with van der Waals surface area (Å²) in [6.45, 7) is 5.14. The van der Waals surface area contributed by atoms with Gasteiger partial charge in [-0.2, -0.15) is 0 Å². The van der Waals surface area contributed by atoms with E-state index in [1.165, 1.54) is 12.6 Å². The van der Waals surface area contributed by atoms with E-state index in [1.807, 2.05) is 47.4 Å². The molecule has 0 N–H and O–H groups in total. The topological polar surface area (TPSA) is 43.9 Å². The van der Waals surface area contributed by atoms with Crippen molar-refractivity contribution < 1.29 is 9.59 Å². The highest BCUT2D eigenvalue weighted by molar-refractivity contribution is 6.30. The molecule has 0 aliphatic carbocycles. The quantitative estimate of drug-likeness (QED) is 0.749. The molecule has 0 unspecified atom stereocenters. The van der Waals surface area contributed by atoms with Crippen LogP contribution in [0.1, 0.15) is 12.5 Å². The normalized spacial score (nSPS) is 14.1. The Labute approximate surface area is 171 Å². The van der Waals surface area contributed by atoms with Gasteiger partial charge in [-0.05, 0) is 36.2 Å². The first kappa shape index (κ1) is 20.2. The monoisotopic (exact) mass is 399 g/mol. The molecule has 1 heterocycles. The molecule has 28 heavy (non-hydrogen) atoms. The van der Waals surface area contributed by atoms with Crippen LogP contribution >= 0.6 is 11.6 Å². The molecule has 5 nitrogen and oxygen atoms in total. The lowest BCUT2D eigenvalue weighted by molar-refractivity contribution is -0.139. The van der Waals surface area contributed by atoms with Gasteiger partial charge in [0, 0.05) is 50.4 Å². The lowest BCUT2D eigenvalue weighted by atomic mass is 10.1. The van der Waals surface area contributed by atoms with E-state index in [4.69, 9.17) is 11.6 Å². The molecule has 1 saturated heterocycles. The van der Waals surface area contributed by atoms with Gasteiger partial charge in [0.05, 0.1) is 6.54 Å². The fourth-order valence-corrected chi connectivity index (χ4v) is 3.51. The second kappa shape index (κ2) is 9.60. The number of para-hydroxylation sites is 1. The molecule has 1 fully saturated rings. The average Bonchev–Trinajstić information content (AvgIpc) is 2.72. The standard InChI is InChI=1S/C22H26ClN3O2/c1-18(27)26(12-11-19-7-9-20(23)10-8-19)17-22(28)25-15-13-24(14-16-25)21-5-3-2-4-6-21/h2-10H,11-17H2,1H3. The highest BCUT2D eigenvalue weighted by Gasteiger charge is 2.23. The summed E-state index contributed by atoms with van der Waals surface area (Å²) in [6, 6.07) is 17.8. The van der Waals surface area contributed by atoms with E-state index in [2.05, 4.69) is 17.0 Å². The number of halogens is 1. The van der Waals surface area contributed by atoms with Crippen LogP contribution in [0.4, 0.5) is 5.69 Å². The van der Waals surface area contributed by atoms with Crippen molar-refractivity contribution in [2.24, 2.45) is 0 Å². The summed E-state index contributed by atoms with van der Waals surface area (Å²) in [5.74, 6) is -0.0655. The lowest BCUT2D eigenvalue weighted by Gasteiger charge is -2.37. The number of nitrogens with zero attached hydrogens (tertiary/aromatic N) is 3. The maximum atomic E-state index is 12.7. The highest BCUT2D eigenvalue weighted by atomic mass is 35.5. The van der Waals surface area contributed by atoms with Crippen molar-refractivity contribution in [3.8, 4) is 0 Å². The van der Waals surface area contributed by atoms with Gasteiger partial charge >= 0.3 is 0 Å². The molecule has 6 heteroatoms. The van der Waals surface area contributed by atoms with Gasteiger partial charge in [-0.25, -0.2) is 0 Å². The predicted octanol–water partition coefficient (Wildman–Crippen LogP) is 3.08. The second-order valence-corrected chi connectivity index (χ2v) is 7.46. The number of amides is 2. The van der Waals surface area contributed by atoms with Crippen molar-refractivity contribution in [2.75, 3.05) is 44.2 Å². The number of anilines is 1. The highest BCUT2D eigenvalue weighted by Crippen LogP contribution is 2.16. The van der Waals surface area contributed by atoms with E-state index in [0.717, 1.165) is 18.7 Å². The summed E-state index contributed by atoms with van der Waals surface area (Å²) in [4.78, 5) is 30.5. The summed E-state index contributed by atoms with van der Waals surface area (Å²) in [7, 11) is 0. The van der Waals surface area contributed by atoms with Gasteiger partial charge < -0.3 is 14.7 Å². The Morgan fingerprint density at radius 2 is 1.61 bits per heavy atom. The maximum Gasteiger partial charge on any atom is 0.242 e. The molecule has 0 atom stereocenters. The Balaban J connectivity index is 1.50. The zero-order valence-corrected chi connectivity index (χ0v) is 16.9. The molecular formula is C22H26ClN3O2. The van der Waals surface area contributed by atoms with Gasteiger partial charge in [-0.3, -0.25) is 9.59 Å². The van der Waals surface area contributed by atoms with Gasteiger partial charge in [-0.1, -0.05) is 41.9 Å². The van der Waals surface area contributed by atoms with E-state index in [0.29, 0.717) is 31.1 Å². The third-order valence-electron chi connectivity index (χ3n) is 5.11. The van der Waals surface area contributed by atoms with E-state index in [9.17, 15) is 9.59 Å². The Bertz CT molecular complexity index is 787. The molecular weight excluding hydrogens is 374 g/mol. The number of hydrogen-bond donors (Lipinski definition) is 0. The minimum atomic E-state index is -0.0785. The lowest BCUT2D eigenvalue weighted by Crippen LogP contribution is -2.52. The van der Waals surface area contributed by atoms with E-state index in [-0.39, 0.29) is 18.4 Å². The van der Waals surface area contributed by atoms with Crippen LogP contribution in [-0.4, -0.2) is 60.9 Å². The minimum Gasteiger partial charge on any atom is -0.368 e. The van der Waals surface area contributed by atoms with E-state index in [1.54, 1.807) is 4.90 Å². The molecule has 0 spiro atoms. The molecule has 0 aromatic heterocycles. The number of benzene rings is 2. The number of carbonyl (C=O) groups excluding carboxylic acids is 2. The van der Waals surface area contributed by atoms with Crippen molar-refractivity contribution in [1.82, 2.24) is 9.80 Å². The largest absolute Gasteiger partial charge is 0.368 e. The minimum absolute atomic E-state index is 0.0130. The molecule has 3 rings (SSSR count). The third kappa shape index (κ3) is 5.49. The maximum absolute atomic E-state index is 12.7. The number of rotatable bonds is 6. The molecule has 0 saturated carbocycles. The first-order valence-electron chi connectivity index (χ1n) is 9.60. The van der Waals surface area contributed by atoms with Crippen LogP contribution in [0.15, 0.2) is 54.6 Å². The van der Waals surface area contributed by atoms with Crippen molar-refractivity contribution in [3.63, 3.8) is 0 Å². The van der Waals surface area contributed by atoms with Gasteiger partial charge in [0.25, 0.3) is 0 Å². The van der Waals surface area contributed by atoms with E-state index < -0.39 is 0 Å². The van der Waals surface area contributed by atoms with Crippen LogP contribution in [0.2, 0.25) is 5.02 Å². The molecule has 0 radical (unpaired) electrons. The molecule has 1 aliphatic rings. The van der Waals surface area contributed by atoms with Gasteiger partial charge in [0.1, 0.15) is 0 Å². The van der Waals surface area contributed by atoms with Crippen LogP contribution < -0.4 is 4.90 Å². The molecule has 148 valence electrons. The summed E-state index contributed by atoms with van der Waals surface area (Å²) >= 11 is 5.91. The smallest absolute Gasteiger partial charge is 0.242 e. The number of hydrogen-bond acceptors (Lipinski definition) is 3. The average molecular weight is 400 g/mol. The fourth-order valence-electron chi connectivity index (χ4n) is 3.38. The first-order chi connectivity index (χ1) is 13.5. The Hall–Kier alpha value is -2.53. The zero-order valence-electron chi connectivity index (χ0n) is 16.2. The van der Waals surface area contributed by atoms with Crippen molar-refractivity contribution in [3.05, 3.63) is 65.2 Å². The van der Waals surface area contributed by atoms with Crippen LogP contribution in [0.25, 0.3) is 0 Å². The molecule has 2 aromatic carbocycles. The Kier molecular flexibility index (Phi) is 6.93. The second-order valence-electron chi connectivity index (χ2n) is 7.02. The predicted molar refractivity (Wildman–Crippen MR) is 113 cm³/mol. The Morgan fingerprint density at radius 1 is 0.964 bits per heavy atom. The summed E-state index contributed by atoms with van der Waals surface area (Å²) < 4.78 is 0.